The summed E-state index contributed by atoms with van der Waals surface area (Å²) in [5.74, 6) is -1.82. The van der Waals surface area contributed by atoms with Crippen LogP contribution in [0.25, 0.3) is 11.1 Å². The van der Waals surface area contributed by atoms with Crippen LogP contribution in [-0.4, -0.2) is 58.0 Å². The molecule has 0 atom stereocenters. The molecule has 3 aromatic rings. The molecule has 1 aliphatic carbocycles. The van der Waals surface area contributed by atoms with Crippen molar-refractivity contribution < 1.29 is 24.2 Å². The Morgan fingerprint density at radius 1 is 1.09 bits per heavy atom. The molecular weight excluding hydrogens is 412 g/mol. The number of carboxylic acid groups (broad SMARTS) is 1. The van der Waals surface area contributed by atoms with Crippen LogP contribution in [0, 0.1) is 0 Å². The van der Waals surface area contributed by atoms with Crippen LogP contribution < -0.4 is 5.32 Å². The molecule has 0 saturated heterocycles. The molecule has 0 bridgehead atoms. The van der Waals surface area contributed by atoms with Gasteiger partial charge in [-0.15, -0.1) is 0 Å². The Morgan fingerprint density at radius 2 is 1.69 bits per heavy atom. The lowest BCUT2D eigenvalue weighted by molar-refractivity contribution is -0.137. The molecule has 2 N–H and O–H groups in total. The number of amides is 2. The zero-order valence-corrected chi connectivity index (χ0v) is 17.6. The fraction of sp³-hybridized carbons (Fsp3) is 0.217. The number of hydrogen-bond donors (Lipinski definition) is 2. The van der Waals surface area contributed by atoms with Crippen LogP contribution in [0.15, 0.2) is 54.7 Å². The predicted molar refractivity (Wildman–Crippen MR) is 116 cm³/mol. The van der Waals surface area contributed by atoms with Crippen molar-refractivity contribution in [2.45, 2.75) is 5.92 Å². The third-order valence-corrected chi connectivity index (χ3v) is 5.44. The monoisotopic (exact) mass is 434 g/mol. The first-order valence-corrected chi connectivity index (χ1v) is 9.98. The summed E-state index contributed by atoms with van der Waals surface area (Å²) in [5, 5.41) is 15.5. The number of fused-ring (bicyclic) bond motifs is 3. The highest BCUT2D eigenvalue weighted by Gasteiger charge is 2.29. The van der Waals surface area contributed by atoms with E-state index in [4.69, 9.17) is 9.84 Å². The van der Waals surface area contributed by atoms with Crippen LogP contribution in [0.2, 0.25) is 0 Å². The van der Waals surface area contributed by atoms with E-state index in [2.05, 4.69) is 22.5 Å². The van der Waals surface area contributed by atoms with Crippen LogP contribution in [0.5, 0.6) is 0 Å². The lowest BCUT2D eigenvalue weighted by atomic mass is 9.98. The summed E-state index contributed by atoms with van der Waals surface area (Å²) >= 11 is 0. The third-order valence-electron chi connectivity index (χ3n) is 5.44. The number of aromatic nitrogens is 2. The quantitative estimate of drug-likeness (QED) is 0.617. The standard InChI is InChI=1S/C23H22N4O5/c1-26(12-20(28)29)22(30)21-19(11-24-27(21)2)25-23(31)32-13-18-16-9-5-3-7-14(16)15-8-4-6-10-17(15)18/h3-11,18H,12-13H2,1-2H3,(H,25,31)(H,28,29). The van der Waals surface area contributed by atoms with E-state index in [1.54, 1.807) is 0 Å². The van der Waals surface area contributed by atoms with Gasteiger partial charge in [0.2, 0.25) is 0 Å². The fourth-order valence-electron chi connectivity index (χ4n) is 3.98. The van der Waals surface area contributed by atoms with Crippen LogP contribution in [0.4, 0.5) is 10.5 Å². The van der Waals surface area contributed by atoms with Crippen molar-refractivity contribution in [3.8, 4) is 11.1 Å². The van der Waals surface area contributed by atoms with Crippen LogP contribution in [0.3, 0.4) is 0 Å². The van der Waals surface area contributed by atoms with Gasteiger partial charge in [-0.05, 0) is 22.3 Å². The summed E-state index contributed by atoms with van der Waals surface area (Å²) in [4.78, 5) is 37.1. The van der Waals surface area contributed by atoms with Gasteiger partial charge in [0, 0.05) is 20.0 Å². The molecule has 4 rings (SSSR count). The van der Waals surface area contributed by atoms with Crippen molar-refractivity contribution in [2.75, 3.05) is 25.5 Å². The van der Waals surface area contributed by atoms with Crippen molar-refractivity contribution in [2.24, 2.45) is 7.05 Å². The predicted octanol–water partition coefficient (Wildman–Crippen LogP) is 2.94. The normalized spacial score (nSPS) is 12.1. The topological polar surface area (TPSA) is 114 Å². The van der Waals surface area contributed by atoms with Gasteiger partial charge in [0.25, 0.3) is 5.91 Å². The average molecular weight is 434 g/mol. The van der Waals surface area contributed by atoms with Crippen molar-refractivity contribution in [3.05, 3.63) is 71.5 Å². The number of rotatable bonds is 6. The van der Waals surface area contributed by atoms with Crippen molar-refractivity contribution >= 4 is 23.7 Å². The summed E-state index contributed by atoms with van der Waals surface area (Å²) < 4.78 is 6.78. The molecule has 1 heterocycles. The van der Waals surface area contributed by atoms with Gasteiger partial charge in [0.05, 0.1) is 11.9 Å². The van der Waals surface area contributed by atoms with Crippen LogP contribution in [0.1, 0.15) is 27.5 Å². The molecular formula is C23H22N4O5. The minimum absolute atomic E-state index is 0.0576. The Hall–Kier alpha value is -4.14. The smallest absolute Gasteiger partial charge is 0.411 e. The number of aliphatic carboxylic acids is 1. The maximum Gasteiger partial charge on any atom is 0.411 e. The van der Waals surface area contributed by atoms with E-state index in [-0.39, 0.29) is 23.9 Å². The molecule has 9 nitrogen and oxygen atoms in total. The number of nitrogens with one attached hydrogen (secondary N) is 1. The maximum absolute atomic E-state index is 12.6. The Kier molecular flexibility index (Phi) is 5.63. The molecule has 0 radical (unpaired) electrons. The van der Waals surface area contributed by atoms with Gasteiger partial charge in [-0.2, -0.15) is 5.10 Å². The number of benzene rings is 2. The second-order valence-electron chi connectivity index (χ2n) is 7.54. The van der Waals surface area contributed by atoms with Gasteiger partial charge < -0.3 is 14.7 Å². The summed E-state index contributed by atoms with van der Waals surface area (Å²) in [5.41, 5.74) is 4.63. The number of ether oxygens (including phenoxy) is 1. The van der Waals surface area contributed by atoms with E-state index < -0.39 is 24.5 Å². The van der Waals surface area contributed by atoms with E-state index in [9.17, 15) is 14.4 Å². The first-order chi connectivity index (χ1) is 15.4. The van der Waals surface area contributed by atoms with Crippen molar-refractivity contribution in [3.63, 3.8) is 0 Å². The number of carbonyl (C=O) groups is 3. The number of carbonyl (C=O) groups excluding carboxylic acids is 2. The Morgan fingerprint density at radius 3 is 2.28 bits per heavy atom. The van der Waals surface area contributed by atoms with Gasteiger partial charge >= 0.3 is 12.1 Å². The van der Waals surface area contributed by atoms with Crippen LogP contribution in [-0.2, 0) is 16.6 Å². The first-order valence-electron chi connectivity index (χ1n) is 9.98. The van der Waals surface area contributed by atoms with E-state index in [0.717, 1.165) is 27.2 Å². The van der Waals surface area contributed by atoms with E-state index >= 15 is 0 Å². The second-order valence-corrected chi connectivity index (χ2v) is 7.54. The molecule has 0 fully saturated rings. The van der Waals surface area contributed by atoms with Crippen molar-refractivity contribution in [1.29, 1.82) is 0 Å². The highest BCUT2D eigenvalue weighted by Crippen LogP contribution is 2.44. The Labute approximate surface area is 184 Å². The van der Waals surface area contributed by atoms with E-state index in [1.165, 1.54) is 25.0 Å². The second kappa shape index (κ2) is 8.54. The first kappa shape index (κ1) is 21.1. The van der Waals surface area contributed by atoms with Gasteiger partial charge in [-0.25, -0.2) is 4.79 Å². The van der Waals surface area contributed by atoms with Gasteiger partial charge in [-0.3, -0.25) is 19.6 Å². The van der Waals surface area contributed by atoms with E-state index in [0.29, 0.717) is 0 Å². The summed E-state index contributed by atoms with van der Waals surface area (Å²) in [6.07, 6.45) is 0.596. The highest BCUT2D eigenvalue weighted by atomic mass is 16.5. The fourth-order valence-corrected chi connectivity index (χ4v) is 3.98. The minimum Gasteiger partial charge on any atom is -0.480 e. The average Bonchev–Trinajstić information content (AvgIpc) is 3.29. The lowest BCUT2D eigenvalue weighted by Crippen LogP contribution is -2.34. The molecule has 0 unspecified atom stereocenters. The SMILES string of the molecule is CN(CC(=O)O)C(=O)c1c(NC(=O)OCC2c3ccccc3-c3ccccc32)cnn1C. The third kappa shape index (κ3) is 3.92. The zero-order chi connectivity index (χ0) is 22.8. The molecule has 2 amide bonds. The summed E-state index contributed by atoms with van der Waals surface area (Å²) in [6, 6.07) is 16.0. The molecule has 0 spiro atoms. The molecule has 164 valence electrons. The number of nitrogens with zero attached hydrogens (tertiary/aromatic N) is 3. The lowest BCUT2D eigenvalue weighted by Gasteiger charge is -2.17. The van der Waals surface area contributed by atoms with Crippen LogP contribution >= 0.6 is 0 Å². The maximum atomic E-state index is 12.6. The summed E-state index contributed by atoms with van der Waals surface area (Å²) in [7, 11) is 2.89. The van der Waals surface area contributed by atoms with Gasteiger partial charge in [0.15, 0.2) is 0 Å². The molecule has 9 heteroatoms. The minimum atomic E-state index is -1.14. The molecule has 32 heavy (non-hydrogen) atoms. The number of anilines is 1. The number of hydrogen-bond acceptors (Lipinski definition) is 5. The number of carboxylic acids is 1. The number of aryl methyl sites for hydroxylation is 1. The molecule has 0 aliphatic heterocycles. The Bertz CT molecular complexity index is 1160. The molecule has 1 aliphatic rings. The van der Waals surface area contributed by atoms with Gasteiger partial charge in [0.1, 0.15) is 18.8 Å². The molecule has 1 aromatic heterocycles. The molecule has 2 aromatic carbocycles. The zero-order valence-electron chi connectivity index (χ0n) is 17.6. The Balaban J connectivity index is 1.47. The highest BCUT2D eigenvalue weighted by molar-refractivity contribution is 6.01. The van der Waals surface area contributed by atoms with Gasteiger partial charge in [-0.1, -0.05) is 48.5 Å². The molecule has 0 saturated carbocycles. The largest absolute Gasteiger partial charge is 0.480 e. The summed E-state index contributed by atoms with van der Waals surface area (Å²) in [6.45, 7) is -0.350. The van der Waals surface area contributed by atoms with Crippen molar-refractivity contribution in [1.82, 2.24) is 14.7 Å². The van der Waals surface area contributed by atoms with E-state index in [1.807, 2.05) is 36.4 Å². The number of likely N-dealkylation sites (N-methyl/N-ethyl adjacent to an activating group) is 1.